The third-order valence-electron chi connectivity index (χ3n) is 6.05. The highest BCUT2D eigenvalue weighted by Gasteiger charge is 2.20. The summed E-state index contributed by atoms with van der Waals surface area (Å²) in [5.41, 5.74) is 2.84. The molecule has 0 bridgehead atoms. The summed E-state index contributed by atoms with van der Waals surface area (Å²) in [6.45, 7) is 5.31. The van der Waals surface area contributed by atoms with Crippen molar-refractivity contribution < 1.29 is 13.5 Å². The van der Waals surface area contributed by atoms with Crippen LogP contribution in [-0.4, -0.2) is 35.2 Å². The number of nitrogens with zero attached hydrogens (tertiary/aromatic N) is 2. The van der Waals surface area contributed by atoms with E-state index in [4.69, 9.17) is 0 Å². The van der Waals surface area contributed by atoms with Crippen molar-refractivity contribution in [1.82, 2.24) is 14.9 Å². The van der Waals surface area contributed by atoms with Crippen molar-refractivity contribution in [1.29, 1.82) is 0 Å². The fraction of sp³-hybridized carbons (Fsp3) is 0.250. The van der Waals surface area contributed by atoms with Crippen molar-refractivity contribution in [2.24, 2.45) is 0 Å². The van der Waals surface area contributed by atoms with Gasteiger partial charge in [0.25, 0.3) is 10.0 Å². The Hall–Kier alpha value is -3.46. The van der Waals surface area contributed by atoms with Crippen LogP contribution in [-0.2, 0) is 16.6 Å². The first-order valence-electron chi connectivity index (χ1n) is 11.9. The molecule has 0 aliphatic carbocycles. The molecule has 0 spiro atoms. The summed E-state index contributed by atoms with van der Waals surface area (Å²) in [7, 11) is -3.70. The van der Waals surface area contributed by atoms with Crippen molar-refractivity contribution in [3.05, 3.63) is 103 Å². The minimum Gasteiger partial charge on any atom is -0.387 e. The lowest BCUT2D eigenvalue weighted by Crippen LogP contribution is -2.42. The number of imidazole rings is 1. The fourth-order valence-electron chi connectivity index (χ4n) is 3.85. The van der Waals surface area contributed by atoms with Crippen LogP contribution in [0.5, 0.6) is 0 Å². The van der Waals surface area contributed by atoms with Gasteiger partial charge in [-0.1, -0.05) is 60.7 Å². The van der Waals surface area contributed by atoms with Gasteiger partial charge in [0, 0.05) is 36.1 Å². The standard InChI is InChI=1S/C28H32N4O3S/c1-28(2,16-17-32-20-26(29-21-32)22-10-5-3-6-11-22)30-19-27(33)23-12-9-13-24(18-23)31-36(34,35)25-14-7-4-8-15-25/h3-15,18,20-21,27,30-31,33H,16-17,19H2,1-2H3/t27-/m0/s1. The quantitative estimate of drug-likeness (QED) is 0.272. The van der Waals surface area contributed by atoms with E-state index in [2.05, 4.69) is 33.4 Å². The molecule has 4 aromatic rings. The molecule has 1 atom stereocenters. The van der Waals surface area contributed by atoms with Gasteiger partial charge < -0.3 is 15.0 Å². The third-order valence-corrected chi connectivity index (χ3v) is 7.45. The molecule has 0 radical (unpaired) electrons. The number of hydrogen-bond donors (Lipinski definition) is 3. The first-order chi connectivity index (χ1) is 17.2. The fourth-order valence-corrected chi connectivity index (χ4v) is 4.92. The molecular weight excluding hydrogens is 472 g/mol. The van der Waals surface area contributed by atoms with Crippen LogP contribution in [0, 0.1) is 0 Å². The number of aliphatic hydroxyl groups is 1. The number of rotatable bonds is 11. The van der Waals surface area contributed by atoms with Crippen LogP contribution in [0.2, 0.25) is 0 Å². The molecule has 188 valence electrons. The maximum atomic E-state index is 12.6. The van der Waals surface area contributed by atoms with Crippen LogP contribution in [0.3, 0.4) is 0 Å². The predicted molar refractivity (Wildman–Crippen MR) is 143 cm³/mol. The van der Waals surface area contributed by atoms with Gasteiger partial charge in [-0.2, -0.15) is 0 Å². The molecule has 0 saturated heterocycles. The lowest BCUT2D eigenvalue weighted by molar-refractivity contribution is 0.158. The largest absolute Gasteiger partial charge is 0.387 e. The highest BCUT2D eigenvalue weighted by molar-refractivity contribution is 7.92. The molecule has 0 unspecified atom stereocenters. The summed E-state index contributed by atoms with van der Waals surface area (Å²) >= 11 is 0. The van der Waals surface area contributed by atoms with E-state index >= 15 is 0 Å². The topological polar surface area (TPSA) is 96.2 Å². The van der Waals surface area contributed by atoms with Crippen LogP contribution in [0.15, 0.2) is 102 Å². The summed E-state index contributed by atoms with van der Waals surface area (Å²) in [6, 6.07) is 25.1. The van der Waals surface area contributed by atoms with E-state index in [0.29, 0.717) is 17.8 Å². The first-order valence-corrected chi connectivity index (χ1v) is 13.4. The van der Waals surface area contributed by atoms with E-state index < -0.39 is 16.1 Å². The van der Waals surface area contributed by atoms with Crippen LogP contribution < -0.4 is 10.0 Å². The lowest BCUT2D eigenvalue weighted by atomic mass is 9.99. The zero-order valence-electron chi connectivity index (χ0n) is 20.5. The number of benzene rings is 3. The molecule has 3 aromatic carbocycles. The molecule has 0 aliphatic rings. The average Bonchev–Trinajstić information content (AvgIpc) is 3.37. The Labute approximate surface area is 212 Å². The molecule has 0 fully saturated rings. The third kappa shape index (κ3) is 6.81. The van der Waals surface area contributed by atoms with Crippen LogP contribution in [0.25, 0.3) is 11.3 Å². The van der Waals surface area contributed by atoms with Gasteiger partial charge in [-0.3, -0.25) is 4.72 Å². The summed E-state index contributed by atoms with van der Waals surface area (Å²) in [5, 5.41) is 14.2. The second-order valence-electron chi connectivity index (χ2n) is 9.44. The molecular formula is C28H32N4O3S. The molecule has 36 heavy (non-hydrogen) atoms. The normalized spacial score (nSPS) is 12.9. The van der Waals surface area contributed by atoms with Crippen molar-refractivity contribution >= 4 is 15.7 Å². The van der Waals surface area contributed by atoms with Crippen LogP contribution in [0.4, 0.5) is 5.69 Å². The Bertz CT molecular complexity index is 1370. The Morgan fingerprint density at radius 3 is 2.39 bits per heavy atom. The molecule has 7 nitrogen and oxygen atoms in total. The molecule has 8 heteroatoms. The average molecular weight is 505 g/mol. The molecule has 0 saturated carbocycles. The summed E-state index contributed by atoms with van der Waals surface area (Å²) in [5.74, 6) is 0. The second kappa shape index (κ2) is 11.1. The van der Waals surface area contributed by atoms with E-state index in [9.17, 15) is 13.5 Å². The Balaban J connectivity index is 1.31. The zero-order chi connectivity index (χ0) is 25.6. The molecule has 0 aliphatic heterocycles. The Kier molecular flexibility index (Phi) is 7.88. The monoisotopic (exact) mass is 504 g/mol. The molecule has 4 rings (SSSR count). The van der Waals surface area contributed by atoms with E-state index in [1.807, 2.05) is 42.9 Å². The number of sulfonamides is 1. The van der Waals surface area contributed by atoms with Gasteiger partial charge in [-0.15, -0.1) is 0 Å². The minimum absolute atomic E-state index is 0.188. The number of aromatic nitrogens is 2. The molecule has 0 amide bonds. The number of hydrogen-bond acceptors (Lipinski definition) is 5. The number of aliphatic hydroxyl groups excluding tert-OH is 1. The Morgan fingerprint density at radius 2 is 1.67 bits per heavy atom. The van der Waals surface area contributed by atoms with Gasteiger partial charge in [0.1, 0.15) is 0 Å². The minimum atomic E-state index is -3.70. The number of aryl methyl sites for hydroxylation is 1. The van der Waals surface area contributed by atoms with Gasteiger partial charge in [0.2, 0.25) is 0 Å². The summed E-state index contributed by atoms with van der Waals surface area (Å²) in [6.07, 6.45) is 3.93. The SMILES string of the molecule is CC(C)(CCn1cnc(-c2ccccc2)c1)NC[C@H](O)c1cccc(NS(=O)(=O)c2ccccc2)c1. The first kappa shape index (κ1) is 25.6. The highest BCUT2D eigenvalue weighted by atomic mass is 32.2. The van der Waals surface area contributed by atoms with E-state index in [0.717, 1.165) is 24.2 Å². The maximum Gasteiger partial charge on any atom is 0.261 e. The highest BCUT2D eigenvalue weighted by Crippen LogP contribution is 2.22. The number of anilines is 1. The smallest absolute Gasteiger partial charge is 0.261 e. The van der Waals surface area contributed by atoms with Crippen LogP contribution >= 0.6 is 0 Å². The molecule has 3 N–H and O–H groups in total. The van der Waals surface area contributed by atoms with Crippen molar-refractivity contribution in [2.75, 3.05) is 11.3 Å². The van der Waals surface area contributed by atoms with Gasteiger partial charge in [-0.25, -0.2) is 13.4 Å². The van der Waals surface area contributed by atoms with Crippen molar-refractivity contribution in [2.45, 2.75) is 43.4 Å². The van der Waals surface area contributed by atoms with Gasteiger partial charge in [-0.05, 0) is 50.1 Å². The van der Waals surface area contributed by atoms with Crippen LogP contribution in [0.1, 0.15) is 31.9 Å². The van der Waals surface area contributed by atoms with Crippen molar-refractivity contribution in [3.8, 4) is 11.3 Å². The number of β-amino-alcohol motifs (C(OH)–C–C–N with tert-alkyl or cyclic N) is 1. The lowest BCUT2D eigenvalue weighted by Gasteiger charge is -2.28. The Morgan fingerprint density at radius 1 is 0.972 bits per heavy atom. The van der Waals surface area contributed by atoms with E-state index in [1.165, 1.54) is 0 Å². The van der Waals surface area contributed by atoms with E-state index in [-0.39, 0.29) is 10.4 Å². The maximum absolute atomic E-state index is 12.6. The van der Waals surface area contributed by atoms with Gasteiger partial charge in [0.15, 0.2) is 0 Å². The second-order valence-corrected chi connectivity index (χ2v) is 11.1. The molecule has 1 aromatic heterocycles. The van der Waals surface area contributed by atoms with E-state index in [1.54, 1.807) is 54.6 Å². The predicted octanol–water partition coefficient (Wildman–Crippen LogP) is 4.84. The zero-order valence-corrected chi connectivity index (χ0v) is 21.3. The van der Waals surface area contributed by atoms with Gasteiger partial charge >= 0.3 is 0 Å². The summed E-state index contributed by atoms with van der Waals surface area (Å²) in [4.78, 5) is 4.70. The van der Waals surface area contributed by atoms with Gasteiger partial charge in [0.05, 0.1) is 23.0 Å². The molecule has 1 heterocycles. The number of nitrogens with one attached hydrogen (secondary N) is 2. The summed E-state index contributed by atoms with van der Waals surface area (Å²) < 4.78 is 29.9. The van der Waals surface area contributed by atoms with Crippen molar-refractivity contribution in [3.63, 3.8) is 0 Å².